The quantitative estimate of drug-likeness (QED) is 0.503. The Kier molecular flexibility index (Phi) is 8.60. The average molecular weight is 419 g/mol. The lowest BCUT2D eigenvalue weighted by atomic mass is 9.58. The molecule has 0 radical (unpaired) electrons. The molecule has 1 fully saturated rings. The van der Waals surface area contributed by atoms with Gasteiger partial charge in [0.1, 0.15) is 5.75 Å². The zero-order valence-electron chi connectivity index (χ0n) is 20.0. The predicted molar refractivity (Wildman–Crippen MR) is 123 cm³/mol. The van der Waals surface area contributed by atoms with Crippen molar-refractivity contribution in [2.45, 2.75) is 97.2 Å². The zero-order valence-corrected chi connectivity index (χ0v) is 20.0. The highest BCUT2D eigenvalue weighted by atomic mass is 16.6. The molecule has 1 aliphatic rings. The van der Waals surface area contributed by atoms with Crippen molar-refractivity contribution >= 4 is 6.09 Å². The lowest BCUT2D eigenvalue weighted by molar-refractivity contribution is 0.103. The fraction of sp³-hybridized carbons (Fsp3) is 0.720. The summed E-state index contributed by atoms with van der Waals surface area (Å²) < 4.78 is 10.9. The van der Waals surface area contributed by atoms with Crippen LogP contribution in [-0.4, -0.2) is 36.9 Å². The van der Waals surface area contributed by atoms with Gasteiger partial charge in [0.2, 0.25) is 0 Å². The molecule has 0 aromatic heterocycles. The first-order valence-electron chi connectivity index (χ1n) is 11.5. The van der Waals surface area contributed by atoms with Crippen molar-refractivity contribution in [2.75, 3.05) is 13.2 Å². The second-order valence-corrected chi connectivity index (χ2v) is 9.99. The van der Waals surface area contributed by atoms with Crippen molar-refractivity contribution in [3.8, 4) is 5.75 Å². The first-order chi connectivity index (χ1) is 14.1. The monoisotopic (exact) mass is 418 g/mol. The smallest absolute Gasteiger partial charge is 0.407 e. The van der Waals surface area contributed by atoms with E-state index >= 15 is 0 Å². The van der Waals surface area contributed by atoms with Gasteiger partial charge in [-0.3, -0.25) is 0 Å². The number of ether oxygens (including phenoxy) is 2. The lowest BCUT2D eigenvalue weighted by Crippen LogP contribution is -2.58. The number of amides is 1. The molecule has 2 rings (SSSR count). The SMILES string of the molecule is CCOc1ccc(C2(C(CC(C)C)NCC(C)(C)NC(=O)OC(C)C)CCC2)cc1. The molecule has 1 amide bonds. The summed E-state index contributed by atoms with van der Waals surface area (Å²) in [7, 11) is 0. The normalized spacial score (nSPS) is 16.8. The highest BCUT2D eigenvalue weighted by Gasteiger charge is 2.45. The summed E-state index contributed by atoms with van der Waals surface area (Å²) in [6.45, 7) is 15.7. The van der Waals surface area contributed by atoms with Crippen LogP contribution in [0.25, 0.3) is 0 Å². The van der Waals surface area contributed by atoms with E-state index in [0.29, 0.717) is 25.1 Å². The van der Waals surface area contributed by atoms with Crippen LogP contribution in [0.3, 0.4) is 0 Å². The molecule has 170 valence electrons. The molecule has 0 spiro atoms. The molecule has 0 bridgehead atoms. The van der Waals surface area contributed by atoms with Gasteiger partial charge in [0.25, 0.3) is 0 Å². The Morgan fingerprint density at radius 1 is 1.13 bits per heavy atom. The third-order valence-electron chi connectivity index (χ3n) is 5.93. The Hall–Kier alpha value is -1.75. The maximum absolute atomic E-state index is 12.1. The molecule has 30 heavy (non-hydrogen) atoms. The number of alkyl carbamates (subject to hydrolysis) is 1. The lowest BCUT2D eigenvalue weighted by Gasteiger charge is -2.50. The summed E-state index contributed by atoms with van der Waals surface area (Å²) in [6.07, 6.45) is 4.25. The molecule has 1 aromatic carbocycles. The van der Waals surface area contributed by atoms with Crippen molar-refractivity contribution < 1.29 is 14.3 Å². The molecule has 1 unspecified atom stereocenters. The minimum absolute atomic E-state index is 0.125. The first-order valence-corrected chi connectivity index (χ1v) is 11.5. The molecule has 1 atom stereocenters. The van der Waals surface area contributed by atoms with Crippen LogP contribution in [0.5, 0.6) is 5.75 Å². The molecule has 1 aliphatic carbocycles. The largest absolute Gasteiger partial charge is 0.494 e. The number of benzene rings is 1. The van der Waals surface area contributed by atoms with Gasteiger partial charge in [-0.25, -0.2) is 4.79 Å². The maximum Gasteiger partial charge on any atom is 0.407 e. The van der Waals surface area contributed by atoms with Crippen LogP contribution in [0.1, 0.15) is 79.7 Å². The van der Waals surface area contributed by atoms with Crippen LogP contribution < -0.4 is 15.4 Å². The van der Waals surface area contributed by atoms with Crippen molar-refractivity contribution in [2.24, 2.45) is 5.92 Å². The van der Waals surface area contributed by atoms with E-state index in [1.54, 1.807) is 0 Å². The number of rotatable bonds is 11. The Morgan fingerprint density at radius 2 is 1.77 bits per heavy atom. The second kappa shape index (κ2) is 10.5. The van der Waals surface area contributed by atoms with E-state index in [1.165, 1.54) is 24.8 Å². The highest BCUT2D eigenvalue weighted by molar-refractivity contribution is 5.68. The third-order valence-corrected chi connectivity index (χ3v) is 5.93. The van der Waals surface area contributed by atoms with Crippen molar-refractivity contribution in [1.29, 1.82) is 0 Å². The van der Waals surface area contributed by atoms with Crippen LogP contribution >= 0.6 is 0 Å². The van der Waals surface area contributed by atoms with Crippen molar-refractivity contribution in [1.82, 2.24) is 10.6 Å². The van der Waals surface area contributed by atoms with Crippen LogP contribution in [0.15, 0.2) is 24.3 Å². The summed E-state index contributed by atoms with van der Waals surface area (Å²) in [4.78, 5) is 12.1. The zero-order chi connectivity index (χ0) is 22.4. The van der Waals surface area contributed by atoms with Gasteiger partial charge in [0, 0.05) is 18.0 Å². The molecular weight excluding hydrogens is 376 g/mol. The molecule has 0 saturated heterocycles. The van der Waals surface area contributed by atoms with Gasteiger partial charge in [-0.05, 0) is 77.5 Å². The van der Waals surface area contributed by atoms with Crippen LogP contribution in [-0.2, 0) is 10.2 Å². The highest BCUT2D eigenvalue weighted by Crippen LogP contribution is 2.48. The molecule has 1 aromatic rings. The molecular formula is C25H42N2O3. The number of hydrogen-bond donors (Lipinski definition) is 2. The Bertz CT molecular complexity index is 663. The standard InChI is InChI=1S/C25H42N2O3/c1-8-29-21-12-10-20(11-13-21)25(14-9-15-25)22(16-18(2)3)26-17-24(6,7)27-23(28)30-19(4)5/h10-13,18-19,22,26H,8-9,14-17H2,1-7H3,(H,27,28). The summed E-state index contributed by atoms with van der Waals surface area (Å²) in [5.41, 5.74) is 1.13. The van der Waals surface area contributed by atoms with Gasteiger partial charge < -0.3 is 20.1 Å². The number of carbonyl (C=O) groups is 1. The van der Waals surface area contributed by atoms with E-state index < -0.39 is 5.54 Å². The van der Waals surface area contributed by atoms with E-state index in [2.05, 4.69) is 48.7 Å². The fourth-order valence-electron chi connectivity index (χ4n) is 4.36. The molecule has 2 N–H and O–H groups in total. The van der Waals surface area contributed by atoms with E-state index in [1.807, 2.05) is 34.6 Å². The van der Waals surface area contributed by atoms with Crippen molar-refractivity contribution in [3.63, 3.8) is 0 Å². The summed E-state index contributed by atoms with van der Waals surface area (Å²) in [5.74, 6) is 1.52. The summed E-state index contributed by atoms with van der Waals surface area (Å²) in [6, 6.07) is 9.02. The second-order valence-electron chi connectivity index (χ2n) is 9.99. The topological polar surface area (TPSA) is 59.6 Å². The summed E-state index contributed by atoms with van der Waals surface area (Å²) in [5, 5.41) is 6.83. The molecule has 5 heteroatoms. The van der Waals surface area contributed by atoms with E-state index in [0.717, 1.165) is 12.2 Å². The van der Waals surface area contributed by atoms with E-state index in [-0.39, 0.29) is 17.6 Å². The van der Waals surface area contributed by atoms with Crippen LogP contribution in [0.4, 0.5) is 4.79 Å². The van der Waals surface area contributed by atoms with Gasteiger partial charge in [-0.2, -0.15) is 0 Å². The minimum atomic E-state index is -0.398. The molecule has 1 saturated carbocycles. The maximum atomic E-state index is 12.1. The summed E-state index contributed by atoms with van der Waals surface area (Å²) >= 11 is 0. The molecule has 5 nitrogen and oxygen atoms in total. The predicted octanol–water partition coefficient (Wildman–Crippen LogP) is 5.42. The molecule has 0 heterocycles. The van der Waals surface area contributed by atoms with Gasteiger partial charge in [0.05, 0.1) is 18.2 Å². The van der Waals surface area contributed by atoms with Gasteiger partial charge in [-0.1, -0.05) is 32.4 Å². The van der Waals surface area contributed by atoms with E-state index in [4.69, 9.17) is 9.47 Å². The number of carbonyl (C=O) groups excluding carboxylic acids is 1. The Labute approximate surface area is 183 Å². The van der Waals surface area contributed by atoms with Crippen LogP contribution in [0, 0.1) is 5.92 Å². The van der Waals surface area contributed by atoms with Crippen molar-refractivity contribution in [3.05, 3.63) is 29.8 Å². The fourth-order valence-corrected chi connectivity index (χ4v) is 4.36. The minimum Gasteiger partial charge on any atom is -0.494 e. The number of hydrogen-bond acceptors (Lipinski definition) is 4. The third kappa shape index (κ3) is 6.63. The van der Waals surface area contributed by atoms with E-state index in [9.17, 15) is 4.79 Å². The Morgan fingerprint density at radius 3 is 2.23 bits per heavy atom. The Balaban J connectivity index is 2.14. The first kappa shape index (κ1) is 24.5. The van der Waals surface area contributed by atoms with Gasteiger partial charge in [-0.15, -0.1) is 0 Å². The van der Waals surface area contributed by atoms with Gasteiger partial charge in [0.15, 0.2) is 0 Å². The number of nitrogens with one attached hydrogen (secondary N) is 2. The van der Waals surface area contributed by atoms with Crippen LogP contribution in [0.2, 0.25) is 0 Å². The molecule has 0 aliphatic heterocycles. The van der Waals surface area contributed by atoms with Gasteiger partial charge >= 0.3 is 6.09 Å². The average Bonchev–Trinajstić information content (AvgIpc) is 2.58.